The van der Waals surface area contributed by atoms with Crippen LogP contribution < -0.4 is 0 Å². The predicted octanol–water partition coefficient (Wildman–Crippen LogP) is 2.48. The Morgan fingerprint density at radius 3 is 2.72 bits per heavy atom. The molecule has 0 bridgehead atoms. The zero-order valence-corrected chi connectivity index (χ0v) is 11.6. The van der Waals surface area contributed by atoms with Gasteiger partial charge in [-0.1, -0.05) is 13.8 Å². The first-order valence-corrected chi connectivity index (χ1v) is 6.52. The molecule has 1 N–H and O–H groups in total. The van der Waals surface area contributed by atoms with E-state index in [-0.39, 0.29) is 5.56 Å². The standard InChI is InChI=1S/C12H15N3O2S/c1-6(2)18-10-8(12(16)17)5-13-11-9(10)7(3)14-15(11)4/h5-6H,1-4H3,(H,16,17). The molecule has 0 fully saturated rings. The molecule has 0 saturated heterocycles. The fraction of sp³-hybridized carbons (Fsp3) is 0.417. The summed E-state index contributed by atoms with van der Waals surface area (Å²) in [5.41, 5.74) is 1.78. The fourth-order valence-electron chi connectivity index (χ4n) is 1.89. The van der Waals surface area contributed by atoms with E-state index in [1.54, 1.807) is 4.68 Å². The third-order valence-electron chi connectivity index (χ3n) is 2.56. The molecule has 2 aromatic heterocycles. The summed E-state index contributed by atoms with van der Waals surface area (Å²) >= 11 is 1.54. The van der Waals surface area contributed by atoms with Gasteiger partial charge < -0.3 is 5.11 Å². The van der Waals surface area contributed by atoms with Crippen molar-refractivity contribution in [3.8, 4) is 0 Å². The van der Waals surface area contributed by atoms with Crippen LogP contribution in [0.5, 0.6) is 0 Å². The van der Waals surface area contributed by atoms with Crippen molar-refractivity contribution >= 4 is 28.8 Å². The van der Waals surface area contributed by atoms with Crippen molar-refractivity contribution in [3.63, 3.8) is 0 Å². The van der Waals surface area contributed by atoms with Crippen molar-refractivity contribution in [2.75, 3.05) is 0 Å². The molecule has 18 heavy (non-hydrogen) atoms. The highest BCUT2D eigenvalue weighted by Gasteiger charge is 2.20. The highest BCUT2D eigenvalue weighted by Crippen LogP contribution is 2.34. The number of pyridine rings is 1. The van der Waals surface area contributed by atoms with E-state index < -0.39 is 5.97 Å². The largest absolute Gasteiger partial charge is 0.478 e. The van der Waals surface area contributed by atoms with Crippen molar-refractivity contribution in [3.05, 3.63) is 17.5 Å². The summed E-state index contributed by atoms with van der Waals surface area (Å²) in [6.45, 7) is 5.95. The van der Waals surface area contributed by atoms with E-state index >= 15 is 0 Å². The van der Waals surface area contributed by atoms with Gasteiger partial charge in [0, 0.05) is 23.4 Å². The predicted molar refractivity (Wildman–Crippen MR) is 71.2 cm³/mol. The number of nitrogens with zero attached hydrogens (tertiary/aromatic N) is 3. The van der Waals surface area contributed by atoms with Gasteiger partial charge in [0.05, 0.1) is 16.6 Å². The maximum atomic E-state index is 11.3. The monoisotopic (exact) mass is 265 g/mol. The molecule has 0 aliphatic carbocycles. The van der Waals surface area contributed by atoms with Gasteiger partial charge >= 0.3 is 5.97 Å². The van der Waals surface area contributed by atoms with Crippen LogP contribution in [-0.2, 0) is 7.05 Å². The minimum Gasteiger partial charge on any atom is -0.478 e. The van der Waals surface area contributed by atoms with Crippen LogP contribution in [0.25, 0.3) is 11.0 Å². The number of carboxylic acids is 1. The number of fused-ring (bicyclic) bond motifs is 1. The molecule has 6 heteroatoms. The molecule has 0 aliphatic rings. The summed E-state index contributed by atoms with van der Waals surface area (Å²) in [5, 5.41) is 14.7. The number of carboxylic acid groups (broad SMARTS) is 1. The lowest BCUT2D eigenvalue weighted by Gasteiger charge is -2.10. The number of aromatic nitrogens is 3. The SMILES string of the molecule is Cc1nn(C)c2ncc(C(=O)O)c(SC(C)C)c12. The second-order valence-corrected chi connectivity index (χ2v) is 5.97. The van der Waals surface area contributed by atoms with Crippen LogP contribution in [0.3, 0.4) is 0 Å². The molecular weight excluding hydrogens is 250 g/mol. The van der Waals surface area contributed by atoms with E-state index in [0.29, 0.717) is 5.25 Å². The summed E-state index contributed by atoms with van der Waals surface area (Å²) in [6.07, 6.45) is 1.41. The molecular formula is C12H15N3O2S. The third-order valence-corrected chi connectivity index (χ3v) is 3.69. The quantitative estimate of drug-likeness (QED) is 0.863. The van der Waals surface area contributed by atoms with Crippen molar-refractivity contribution in [1.82, 2.24) is 14.8 Å². The van der Waals surface area contributed by atoms with Crippen LogP contribution in [0.1, 0.15) is 29.9 Å². The Morgan fingerprint density at radius 1 is 1.50 bits per heavy atom. The van der Waals surface area contributed by atoms with Gasteiger partial charge in [0.25, 0.3) is 0 Å². The van der Waals surface area contributed by atoms with Crippen LogP contribution in [0.2, 0.25) is 0 Å². The van der Waals surface area contributed by atoms with Crippen molar-refractivity contribution in [2.24, 2.45) is 7.05 Å². The van der Waals surface area contributed by atoms with Crippen molar-refractivity contribution in [1.29, 1.82) is 0 Å². The van der Waals surface area contributed by atoms with Gasteiger partial charge in [0.2, 0.25) is 0 Å². The summed E-state index contributed by atoms with van der Waals surface area (Å²) in [4.78, 5) is 16.2. The average Bonchev–Trinajstić information content (AvgIpc) is 2.54. The van der Waals surface area contributed by atoms with Crippen LogP contribution in [0, 0.1) is 6.92 Å². The first-order chi connectivity index (χ1) is 8.41. The smallest absolute Gasteiger partial charge is 0.338 e. The molecule has 2 aromatic rings. The highest BCUT2D eigenvalue weighted by atomic mass is 32.2. The van der Waals surface area contributed by atoms with Gasteiger partial charge in [-0.2, -0.15) is 5.10 Å². The summed E-state index contributed by atoms with van der Waals surface area (Å²) in [7, 11) is 1.81. The number of thioether (sulfide) groups is 1. The Balaban J connectivity index is 2.80. The van der Waals surface area contributed by atoms with E-state index in [9.17, 15) is 9.90 Å². The Bertz CT molecular complexity index is 619. The molecule has 0 amide bonds. The second-order valence-electron chi connectivity index (χ2n) is 4.38. The number of hydrogen-bond donors (Lipinski definition) is 1. The number of aryl methyl sites for hydroxylation is 2. The minimum absolute atomic E-state index is 0.247. The molecule has 0 unspecified atom stereocenters. The molecule has 0 radical (unpaired) electrons. The molecule has 0 saturated carbocycles. The van der Waals surface area contributed by atoms with Crippen molar-refractivity contribution < 1.29 is 9.90 Å². The lowest BCUT2D eigenvalue weighted by Crippen LogP contribution is -2.03. The van der Waals surface area contributed by atoms with Crippen molar-refractivity contribution in [2.45, 2.75) is 30.9 Å². The number of rotatable bonds is 3. The molecule has 2 rings (SSSR count). The number of carbonyl (C=O) groups is 1. The van der Waals surface area contributed by atoms with Crippen LogP contribution in [0.15, 0.2) is 11.1 Å². The van der Waals surface area contributed by atoms with Crippen LogP contribution in [-0.4, -0.2) is 31.1 Å². The average molecular weight is 265 g/mol. The Labute approximate surface area is 109 Å². The van der Waals surface area contributed by atoms with E-state index in [1.165, 1.54) is 18.0 Å². The van der Waals surface area contributed by atoms with E-state index in [0.717, 1.165) is 21.6 Å². The molecule has 2 heterocycles. The zero-order chi connectivity index (χ0) is 13.4. The molecule has 0 aromatic carbocycles. The topological polar surface area (TPSA) is 68.0 Å². The maximum absolute atomic E-state index is 11.3. The van der Waals surface area contributed by atoms with E-state index in [4.69, 9.17) is 0 Å². The molecule has 96 valence electrons. The highest BCUT2D eigenvalue weighted by molar-refractivity contribution is 8.00. The third kappa shape index (κ3) is 2.08. The van der Waals surface area contributed by atoms with Gasteiger partial charge in [-0.05, 0) is 6.92 Å². The number of aromatic carboxylic acids is 1. The number of hydrogen-bond acceptors (Lipinski definition) is 4. The van der Waals surface area contributed by atoms with Crippen LogP contribution >= 0.6 is 11.8 Å². The second kappa shape index (κ2) is 4.61. The fourth-order valence-corrected chi connectivity index (χ4v) is 2.98. The van der Waals surface area contributed by atoms with E-state index in [2.05, 4.69) is 10.1 Å². The van der Waals surface area contributed by atoms with Crippen LogP contribution in [0.4, 0.5) is 0 Å². The minimum atomic E-state index is -0.948. The molecule has 0 atom stereocenters. The normalized spacial score (nSPS) is 11.4. The van der Waals surface area contributed by atoms with Gasteiger partial charge in [0.15, 0.2) is 5.65 Å². The van der Waals surface area contributed by atoms with Gasteiger partial charge in [0.1, 0.15) is 0 Å². The Hall–Kier alpha value is -1.56. The van der Waals surface area contributed by atoms with E-state index in [1.807, 2.05) is 27.8 Å². The molecule has 0 aliphatic heterocycles. The summed E-state index contributed by atoms with van der Waals surface area (Å²) in [6, 6.07) is 0. The van der Waals surface area contributed by atoms with Gasteiger partial charge in [-0.15, -0.1) is 11.8 Å². The first kappa shape index (κ1) is 12.9. The lowest BCUT2D eigenvalue weighted by molar-refractivity contribution is 0.0693. The Kier molecular flexibility index (Phi) is 3.30. The first-order valence-electron chi connectivity index (χ1n) is 5.64. The van der Waals surface area contributed by atoms with Gasteiger partial charge in [-0.3, -0.25) is 4.68 Å². The molecule has 0 spiro atoms. The lowest BCUT2D eigenvalue weighted by atomic mass is 10.2. The maximum Gasteiger partial charge on any atom is 0.338 e. The Morgan fingerprint density at radius 2 is 2.17 bits per heavy atom. The zero-order valence-electron chi connectivity index (χ0n) is 10.8. The van der Waals surface area contributed by atoms with Gasteiger partial charge in [-0.25, -0.2) is 9.78 Å². The molecule has 5 nitrogen and oxygen atoms in total. The summed E-state index contributed by atoms with van der Waals surface area (Å²) < 4.78 is 1.68. The summed E-state index contributed by atoms with van der Waals surface area (Å²) in [5.74, 6) is -0.948.